The first-order valence-electron chi connectivity index (χ1n) is 24.6. The van der Waals surface area contributed by atoms with Crippen molar-refractivity contribution in [2.75, 3.05) is 9.80 Å². The minimum absolute atomic E-state index is 0.0147. The van der Waals surface area contributed by atoms with E-state index in [0.29, 0.717) is 0 Å². The first-order valence-corrected chi connectivity index (χ1v) is 24.6. The highest BCUT2D eigenvalue weighted by Crippen LogP contribution is 2.55. The van der Waals surface area contributed by atoms with Gasteiger partial charge in [-0.15, -0.1) is 0 Å². The fraction of sp³-hybridized carbons (Fsp3) is 0.333. The minimum atomic E-state index is -0.0147. The summed E-state index contributed by atoms with van der Waals surface area (Å²) in [5.41, 5.74) is 27.0. The quantitative estimate of drug-likeness (QED) is 0.163. The van der Waals surface area contributed by atoms with Crippen molar-refractivity contribution in [2.24, 2.45) is 0 Å². The summed E-state index contributed by atoms with van der Waals surface area (Å²) in [6.45, 7) is 31.5. The van der Waals surface area contributed by atoms with Crippen molar-refractivity contribution in [1.29, 1.82) is 0 Å². The molecule has 0 saturated carbocycles. The number of hydrogen-bond donors (Lipinski definition) is 0. The smallest absolute Gasteiger partial charge is 0.252 e. The van der Waals surface area contributed by atoms with E-state index in [-0.39, 0.29) is 33.8 Å². The molecule has 11 rings (SSSR count). The van der Waals surface area contributed by atoms with Gasteiger partial charge in [0, 0.05) is 34.0 Å². The maximum atomic E-state index is 2.72. The van der Waals surface area contributed by atoms with Gasteiger partial charge in [0.1, 0.15) is 0 Å². The van der Waals surface area contributed by atoms with Gasteiger partial charge in [-0.2, -0.15) is 0 Å². The number of nitrogens with zero attached hydrogens (tertiary/aromatic N) is 2. The predicted molar refractivity (Wildman–Crippen MR) is 285 cm³/mol. The Labute approximate surface area is 396 Å². The van der Waals surface area contributed by atoms with Crippen LogP contribution < -0.4 is 26.2 Å². The average Bonchev–Trinajstić information content (AvgIpc) is 3.45. The predicted octanol–water partition coefficient (Wildman–Crippen LogP) is 15.3. The maximum Gasteiger partial charge on any atom is 0.252 e. The Morgan fingerprint density at radius 3 is 1.59 bits per heavy atom. The number of aryl methyl sites for hydroxylation is 2. The number of fused-ring (bicyclic) bond motifs is 6. The zero-order valence-electron chi connectivity index (χ0n) is 41.8. The lowest BCUT2D eigenvalue weighted by atomic mass is 9.33. The van der Waals surface area contributed by atoms with E-state index in [9.17, 15) is 0 Å². The third-order valence-electron chi connectivity index (χ3n) is 16.4. The summed E-state index contributed by atoms with van der Waals surface area (Å²) in [6, 6.07) is 52.2. The summed E-state index contributed by atoms with van der Waals surface area (Å²) in [4.78, 5) is 5.36. The topological polar surface area (TPSA) is 6.48 Å². The molecule has 0 bridgehead atoms. The molecule has 0 fully saturated rings. The summed E-state index contributed by atoms with van der Waals surface area (Å²) in [7, 11) is 0. The highest BCUT2D eigenvalue weighted by atomic mass is 15.2. The van der Waals surface area contributed by atoms with Crippen molar-refractivity contribution < 1.29 is 0 Å². The summed E-state index contributed by atoms with van der Waals surface area (Å²) < 4.78 is 0. The Hall–Kier alpha value is -5.80. The van der Waals surface area contributed by atoms with Crippen LogP contribution in [0.4, 0.5) is 34.1 Å². The molecule has 2 aliphatic heterocycles. The fourth-order valence-electron chi connectivity index (χ4n) is 12.9. The van der Waals surface area contributed by atoms with Gasteiger partial charge >= 0.3 is 0 Å². The molecule has 4 aliphatic rings. The van der Waals surface area contributed by atoms with E-state index < -0.39 is 0 Å². The van der Waals surface area contributed by atoms with Gasteiger partial charge in [0.25, 0.3) is 6.71 Å². The van der Waals surface area contributed by atoms with E-state index in [1.54, 1.807) is 0 Å². The van der Waals surface area contributed by atoms with Gasteiger partial charge in [0.05, 0.1) is 5.69 Å². The Balaban J connectivity index is 1.27. The van der Waals surface area contributed by atoms with Crippen LogP contribution in [-0.2, 0) is 27.1 Å². The van der Waals surface area contributed by atoms with Gasteiger partial charge in [-0.1, -0.05) is 167 Å². The van der Waals surface area contributed by atoms with Crippen molar-refractivity contribution >= 4 is 57.2 Å². The van der Waals surface area contributed by atoms with Crippen molar-refractivity contribution in [3.63, 3.8) is 0 Å². The monoisotopic (exact) mass is 863 g/mol. The Kier molecular flexibility index (Phi) is 9.31. The minimum Gasteiger partial charge on any atom is -0.311 e. The van der Waals surface area contributed by atoms with Crippen molar-refractivity contribution in [2.45, 2.75) is 136 Å². The van der Waals surface area contributed by atoms with Crippen LogP contribution in [0.5, 0.6) is 0 Å². The Bertz CT molecular complexity index is 3120. The van der Waals surface area contributed by atoms with Crippen LogP contribution in [-0.4, -0.2) is 6.71 Å². The van der Waals surface area contributed by atoms with Crippen LogP contribution >= 0.6 is 0 Å². The van der Waals surface area contributed by atoms with Gasteiger partial charge in [0.15, 0.2) is 0 Å². The molecule has 3 heteroatoms. The molecule has 0 spiro atoms. The van der Waals surface area contributed by atoms with Crippen LogP contribution in [0.2, 0.25) is 0 Å². The SMILES string of the molecule is Cc1cc2c3c(c1)N(c1ccc(C(C)(C)C)cc1-c1ccccc1)c1cc(-c4ccccc4)ccc1B3c1cc3c(cc1N2c1cc2c(cc1C)C(C)(C)CC2(C)C)C(C)(C)CCC3(C)C. The van der Waals surface area contributed by atoms with Gasteiger partial charge in [-0.3, -0.25) is 0 Å². The molecule has 0 aromatic heterocycles. The molecule has 0 saturated heterocycles. The third kappa shape index (κ3) is 6.50. The number of rotatable bonds is 4. The molecule has 2 aliphatic carbocycles. The first-order chi connectivity index (χ1) is 31.1. The molecule has 2 heterocycles. The second kappa shape index (κ2) is 14.4. The summed E-state index contributed by atoms with van der Waals surface area (Å²) in [5.74, 6) is 0. The lowest BCUT2D eigenvalue weighted by Gasteiger charge is -2.48. The lowest BCUT2D eigenvalue weighted by molar-refractivity contribution is 0.332. The molecule has 7 aromatic carbocycles. The van der Waals surface area contributed by atoms with Crippen LogP contribution in [0.1, 0.15) is 134 Å². The second-order valence-corrected chi connectivity index (χ2v) is 24.2. The summed E-state index contributed by atoms with van der Waals surface area (Å²) in [6.07, 6.45) is 3.49. The lowest BCUT2D eigenvalue weighted by Crippen LogP contribution is -2.62. The summed E-state index contributed by atoms with van der Waals surface area (Å²) >= 11 is 0. The van der Waals surface area contributed by atoms with Crippen LogP contribution in [0, 0.1) is 13.8 Å². The average molecular weight is 863 g/mol. The molecule has 0 radical (unpaired) electrons. The number of hydrogen-bond acceptors (Lipinski definition) is 2. The van der Waals surface area contributed by atoms with Crippen LogP contribution in [0.3, 0.4) is 0 Å². The van der Waals surface area contributed by atoms with Crippen molar-refractivity contribution in [3.8, 4) is 22.3 Å². The molecule has 0 N–H and O–H groups in total. The number of anilines is 6. The van der Waals surface area contributed by atoms with Crippen LogP contribution in [0.25, 0.3) is 22.3 Å². The van der Waals surface area contributed by atoms with Gasteiger partial charge < -0.3 is 9.80 Å². The normalized spacial score (nSPS) is 18.0. The van der Waals surface area contributed by atoms with Gasteiger partial charge in [0.2, 0.25) is 0 Å². The Morgan fingerprint density at radius 1 is 0.439 bits per heavy atom. The zero-order chi connectivity index (χ0) is 46.5. The van der Waals surface area contributed by atoms with Gasteiger partial charge in [-0.25, -0.2) is 0 Å². The standard InChI is InChI=1S/C63H67BN2/c1-39-30-56-58-57(31-39)66(53-36-49-46(32-40(53)2)62(10,11)38-63(49,12)13)55-37-48-47(60(6,7)28-29-61(48,8)9)35-51(55)64(58)50-26-24-43(41-20-16-14-17-21-41)33-54(50)65(56)52-27-25-44(59(3,4)5)34-45(52)42-22-18-15-19-23-42/h14-27,30-37H,28-29,38H2,1-13H3. The largest absolute Gasteiger partial charge is 0.311 e. The fourth-order valence-corrected chi connectivity index (χ4v) is 12.9. The molecular weight excluding hydrogens is 796 g/mol. The molecule has 2 nitrogen and oxygen atoms in total. The van der Waals surface area contributed by atoms with Crippen LogP contribution in [0.15, 0.2) is 133 Å². The van der Waals surface area contributed by atoms with E-state index in [1.165, 1.54) is 125 Å². The maximum absolute atomic E-state index is 2.72. The highest BCUT2D eigenvalue weighted by Gasteiger charge is 2.48. The summed E-state index contributed by atoms with van der Waals surface area (Å²) in [5, 5.41) is 0. The zero-order valence-corrected chi connectivity index (χ0v) is 41.8. The van der Waals surface area contributed by atoms with Crippen molar-refractivity contribution in [3.05, 3.63) is 172 Å². The number of benzene rings is 7. The van der Waals surface area contributed by atoms with E-state index in [0.717, 1.165) is 6.42 Å². The second-order valence-electron chi connectivity index (χ2n) is 24.2. The molecule has 332 valence electrons. The molecule has 0 unspecified atom stereocenters. The molecule has 7 aromatic rings. The van der Waals surface area contributed by atoms with E-state index in [4.69, 9.17) is 0 Å². The first kappa shape index (κ1) is 42.8. The Morgan fingerprint density at radius 2 is 0.970 bits per heavy atom. The third-order valence-corrected chi connectivity index (χ3v) is 16.4. The van der Waals surface area contributed by atoms with Crippen molar-refractivity contribution in [1.82, 2.24) is 0 Å². The molecule has 0 atom stereocenters. The molecule has 66 heavy (non-hydrogen) atoms. The van der Waals surface area contributed by atoms with E-state index >= 15 is 0 Å². The van der Waals surface area contributed by atoms with Gasteiger partial charge in [-0.05, 0) is 175 Å². The van der Waals surface area contributed by atoms with E-state index in [2.05, 4.69) is 233 Å². The highest BCUT2D eigenvalue weighted by molar-refractivity contribution is 7.00. The molecule has 0 amide bonds. The van der Waals surface area contributed by atoms with E-state index in [1.807, 2.05) is 0 Å². The molecular formula is C63H67BN2.